The van der Waals surface area contributed by atoms with Crippen molar-refractivity contribution in [3.63, 3.8) is 0 Å². The zero-order valence-electron chi connectivity index (χ0n) is 10.1. The van der Waals surface area contributed by atoms with E-state index in [4.69, 9.17) is 0 Å². The first kappa shape index (κ1) is 10.8. The topological polar surface area (TPSA) is 20.2 Å². The fraction of sp³-hybridized carbons (Fsp3) is 0.867. The highest BCUT2D eigenvalue weighted by atomic mass is 16.3. The summed E-state index contributed by atoms with van der Waals surface area (Å²) in [6, 6.07) is 0. The first-order valence-corrected chi connectivity index (χ1v) is 7.21. The second kappa shape index (κ2) is 4.52. The van der Waals surface area contributed by atoms with Crippen LogP contribution in [0.4, 0.5) is 0 Å². The maximum atomic E-state index is 10.6. The van der Waals surface area contributed by atoms with Crippen molar-refractivity contribution in [1.29, 1.82) is 0 Å². The Morgan fingerprint density at radius 2 is 1.75 bits per heavy atom. The molecule has 1 N–H and O–H groups in total. The smallest absolute Gasteiger partial charge is 0.0604 e. The van der Waals surface area contributed by atoms with Crippen molar-refractivity contribution >= 4 is 0 Å². The zero-order chi connectivity index (χ0) is 11.0. The van der Waals surface area contributed by atoms with Crippen LogP contribution in [0.15, 0.2) is 12.2 Å². The van der Waals surface area contributed by atoms with Crippen LogP contribution in [0, 0.1) is 23.7 Å². The van der Waals surface area contributed by atoms with Crippen molar-refractivity contribution in [1.82, 2.24) is 0 Å². The molecule has 3 rings (SSSR count). The number of hydrogen-bond donors (Lipinski definition) is 1. The van der Waals surface area contributed by atoms with Gasteiger partial charge in [0, 0.05) is 0 Å². The van der Waals surface area contributed by atoms with Crippen LogP contribution in [0.3, 0.4) is 0 Å². The normalized spacial score (nSPS) is 47.9. The molecule has 3 aliphatic carbocycles. The summed E-state index contributed by atoms with van der Waals surface area (Å²) in [5.74, 6) is 2.77. The Morgan fingerprint density at radius 3 is 2.56 bits per heavy atom. The number of fused-ring (bicyclic) bond motifs is 1. The van der Waals surface area contributed by atoms with E-state index < -0.39 is 0 Å². The van der Waals surface area contributed by atoms with Gasteiger partial charge in [-0.15, -0.1) is 0 Å². The molecule has 16 heavy (non-hydrogen) atoms. The first-order chi connectivity index (χ1) is 7.86. The standard InChI is InChI=1S/C15H24O/c16-15-13-8-4-3-7-12(13)9-10-14(15)11-5-1-2-6-11/h1,5,11-16H,2-4,6-10H2. The van der Waals surface area contributed by atoms with Crippen molar-refractivity contribution in [3.8, 4) is 0 Å². The minimum absolute atomic E-state index is 0.00630. The number of aliphatic hydroxyl groups excluding tert-OH is 1. The number of rotatable bonds is 1. The van der Waals surface area contributed by atoms with Gasteiger partial charge in [-0.3, -0.25) is 0 Å². The largest absolute Gasteiger partial charge is 0.393 e. The van der Waals surface area contributed by atoms with E-state index in [0.717, 1.165) is 5.92 Å². The fourth-order valence-electron chi connectivity index (χ4n) is 4.42. The molecule has 2 saturated carbocycles. The second-order valence-corrected chi connectivity index (χ2v) is 6.11. The van der Waals surface area contributed by atoms with E-state index in [1.807, 2.05) is 0 Å². The minimum atomic E-state index is 0.00630. The quantitative estimate of drug-likeness (QED) is 0.670. The Morgan fingerprint density at radius 1 is 0.875 bits per heavy atom. The van der Waals surface area contributed by atoms with Crippen molar-refractivity contribution in [2.24, 2.45) is 23.7 Å². The lowest BCUT2D eigenvalue weighted by Crippen LogP contribution is -2.42. The summed E-state index contributed by atoms with van der Waals surface area (Å²) >= 11 is 0. The van der Waals surface area contributed by atoms with Gasteiger partial charge in [-0.25, -0.2) is 0 Å². The molecule has 5 atom stereocenters. The average molecular weight is 220 g/mol. The van der Waals surface area contributed by atoms with Crippen LogP contribution in [-0.4, -0.2) is 11.2 Å². The van der Waals surface area contributed by atoms with Crippen LogP contribution in [0.25, 0.3) is 0 Å². The van der Waals surface area contributed by atoms with Crippen LogP contribution >= 0.6 is 0 Å². The summed E-state index contributed by atoms with van der Waals surface area (Å²) < 4.78 is 0. The van der Waals surface area contributed by atoms with Gasteiger partial charge in [0.15, 0.2) is 0 Å². The number of hydrogen-bond acceptors (Lipinski definition) is 1. The Balaban J connectivity index is 1.70. The third kappa shape index (κ3) is 1.84. The molecule has 0 aromatic heterocycles. The van der Waals surface area contributed by atoms with Gasteiger partial charge < -0.3 is 5.11 Å². The predicted octanol–water partition coefficient (Wildman–Crippen LogP) is 3.53. The van der Waals surface area contributed by atoms with Crippen molar-refractivity contribution in [2.45, 2.75) is 57.5 Å². The lowest BCUT2D eigenvalue weighted by Gasteiger charge is -2.45. The van der Waals surface area contributed by atoms with Gasteiger partial charge in [-0.1, -0.05) is 31.4 Å². The van der Waals surface area contributed by atoms with Gasteiger partial charge in [0.05, 0.1) is 6.10 Å². The summed E-state index contributed by atoms with van der Waals surface area (Å²) in [4.78, 5) is 0. The molecule has 0 amide bonds. The molecule has 0 saturated heterocycles. The lowest BCUT2D eigenvalue weighted by molar-refractivity contribution is -0.0456. The van der Waals surface area contributed by atoms with E-state index in [1.54, 1.807) is 0 Å². The molecule has 0 aliphatic heterocycles. The average Bonchev–Trinajstić information content (AvgIpc) is 2.83. The minimum Gasteiger partial charge on any atom is -0.393 e. The highest BCUT2D eigenvalue weighted by Crippen LogP contribution is 2.46. The van der Waals surface area contributed by atoms with E-state index >= 15 is 0 Å². The molecule has 5 unspecified atom stereocenters. The molecule has 1 nitrogen and oxygen atoms in total. The number of aliphatic hydroxyl groups is 1. The second-order valence-electron chi connectivity index (χ2n) is 6.11. The molecule has 0 aromatic rings. The molecule has 3 aliphatic rings. The summed E-state index contributed by atoms with van der Waals surface area (Å²) in [6.07, 6.45) is 15.3. The molecule has 2 fully saturated rings. The SMILES string of the molecule is OC1C(C2C=CCC2)CCC2CCCCC21. The van der Waals surface area contributed by atoms with E-state index in [9.17, 15) is 5.11 Å². The number of allylic oxidation sites excluding steroid dienone is 2. The third-order valence-electron chi connectivity index (χ3n) is 5.32. The molecule has 90 valence electrons. The summed E-state index contributed by atoms with van der Waals surface area (Å²) in [5.41, 5.74) is 0. The molecule has 1 heteroatoms. The van der Waals surface area contributed by atoms with Crippen molar-refractivity contribution in [2.75, 3.05) is 0 Å². The van der Waals surface area contributed by atoms with Crippen LogP contribution in [-0.2, 0) is 0 Å². The van der Waals surface area contributed by atoms with Crippen LogP contribution in [0.5, 0.6) is 0 Å². The van der Waals surface area contributed by atoms with E-state index in [-0.39, 0.29) is 6.10 Å². The Labute approximate surface area is 98.9 Å². The molecule has 0 heterocycles. The Bertz CT molecular complexity index is 271. The highest BCUT2D eigenvalue weighted by molar-refractivity contribution is 5.03. The molecule has 0 radical (unpaired) electrons. The Kier molecular flexibility index (Phi) is 3.06. The van der Waals surface area contributed by atoms with E-state index in [2.05, 4.69) is 12.2 Å². The zero-order valence-corrected chi connectivity index (χ0v) is 10.1. The highest BCUT2D eigenvalue weighted by Gasteiger charge is 2.41. The van der Waals surface area contributed by atoms with E-state index in [0.29, 0.717) is 17.8 Å². The van der Waals surface area contributed by atoms with Crippen molar-refractivity contribution in [3.05, 3.63) is 12.2 Å². The molecule has 0 bridgehead atoms. The van der Waals surface area contributed by atoms with Crippen molar-refractivity contribution < 1.29 is 5.11 Å². The van der Waals surface area contributed by atoms with Crippen LogP contribution in [0.1, 0.15) is 51.4 Å². The summed E-state index contributed by atoms with van der Waals surface area (Å²) in [7, 11) is 0. The van der Waals surface area contributed by atoms with Crippen LogP contribution < -0.4 is 0 Å². The summed E-state index contributed by atoms with van der Waals surface area (Å²) in [5, 5.41) is 10.6. The van der Waals surface area contributed by atoms with Crippen LogP contribution in [0.2, 0.25) is 0 Å². The monoisotopic (exact) mass is 220 g/mol. The van der Waals surface area contributed by atoms with Gasteiger partial charge in [0.2, 0.25) is 0 Å². The summed E-state index contributed by atoms with van der Waals surface area (Å²) in [6.45, 7) is 0. The molecule has 0 spiro atoms. The lowest BCUT2D eigenvalue weighted by atomic mass is 9.63. The van der Waals surface area contributed by atoms with Gasteiger partial charge in [0.1, 0.15) is 0 Å². The Hall–Kier alpha value is -0.300. The first-order valence-electron chi connectivity index (χ1n) is 7.21. The van der Waals surface area contributed by atoms with Gasteiger partial charge in [-0.2, -0.15) is 0 Å². The maximum absolute atomic E-state index is 10.6. The van der Waals surface area contributed by atoms with E-state index in [1.165, 1.54) is 51.4 Å². The fourth-order valence-corrected chi connectivity index (χ4v) is 4.42. The van der Waals surface area contributed by atoms with Gasteiger partial charge >= 0.3 is 0 Å². The molecule has 0 aromatic carbocycles. The maximum Gasteiger partial charge on any atom is 0.0604 e. The predicted molar refractivity (Wildman–Crippen MR) is 66.0 cm³/mol. The van der Waals surface area contributed by atoms with Gasteiger partial charge in [-0.05, 0) is 55.8 Å². The van der Waals surface area contributed by atoms with Gasteiger partial charge in [0.25, 0.3) is 0 Å². The third-order valence-corrected chi connectivity index (χ3v) is 5.32. The molecular formula is C15H24O. The molecular weight excluding hydrogens is 196 g/mol.